The van der Waals surface area contributed by atoms with Crippen LogP contribution >= 0.6 is 11.3 Å². The van der Waals surface area contributed by atoms with Crippen molar-refractivity contribution < 1.29 is 23.9 Å². The molecule has 2 rings (SSSR count). The van der Waals surface area contributed by atoms with E-state index in [0.29, 0.717) is 17.7 Å². The Morgan fingerprint density at radius 2 is 1.88 bits per heavy atom. The monoisotopic (exact) mass is 347 g/mol. The van der Waals surface area contributed by atoms with Crippen molar-refractivity contribution in [2.45, 2.75) is 12.8 Å². The van der Waals surface area contributed by atoms with Crippen LogP contribution in [0, 0.1) is 0 Å². The van der Waals surface area contributed by atoms with E-state index >= 15 is 0 Å². The van der Waals surface area contributed by atoms with Crippen molar-refractivity contribution in [3.63, 3.8) is 0 Å². The van der Waals surface area contributed by atoms with Gasteiger partial charge in [0.15, 0.2) is 6.61 Å². The lowest BCUT2D eigenvalue weighted by Gasteiger charge is -2.07. The zero-order valence-electron chi connectivity index (χ0n) is 13.1. The maximum absolute atomic E-state index is 11.7. The van der Waals surface area contributed by atoms with E-state index in [-0.39, 0.29) is 13.0 Å². The third-order valence-electron chi connectivity index (χ3n) is 3.11. The van der Waals surface area contributed by atoms with Gasteiger partial charge in [0.1, 0.15) is 0 Å². The molecule has 1 aromatic carbocycles. The number of anilines is 1. The van der Waals surface area contributed by atoms with Gasteiger partial charge in [-0.1, -0.05) is 6.07 Å². The minimum absolute atomic E-state index is 0.238. The maximum Gasteiger partial charge on any atom is 0.337 e. The number of hydrogen-bond acceptors (Lipinski definition) is 6. The van der Waals surface area contributed by atoms with E-state index in [9.17, 15) is 14.4 Å². The molecule has 0 atom stereocenters. The molecule has 0 saturated heterocycles. The number of benzene rings is 1. The normalized spacial score (nSPS) is 10.0. The van der Waals surface area contributed by atoms with Gasteiger partial charge in [-0.3, -0.25) is 9.59 Å². The summed E-state index contributed by atoms with van der Waals surface area (Å²) in [4.78, 5) is 35.7. The molecule has 126 valence electrons. The molecule has 1 amide bonds. The predicted octanol–water partition coefficient (Wildman–Crippen LogP) is 2.65. The highest BCUT2D eigenvalue weighted by atomic mass is 32.1. The quantitative estimate of drug-likeness (QED) is 0.779. The van der Waals surface area contributed by atoms with Gasteiger partial charge in [-0.25, -0.2) is 4.79 Å². The SMILES string of the molecule is COC(=O)c1ccc(NC(=O)COC(=O)CCc2cccs2)cc1. The third kappa shape index (κ3) is 5.51. The van der Waals surface area contributed by atoms with Crippen LogP contribution in [0.15, 0.2) is 41.8 Å². The number of carbonyl (C=O) groups is 3. The highest BCUT2D eigenvalue weighted by Crippen LogP contribution is 2.12. The van der Waals surface area contributed by atoms with E-state index in [1.165, 1.54) is 19.2 Å². The lowest BCUT2D eigenvalue weighted by Crippen LogP contribution is -2.21. The molecule has 1 aromatic heterocycles. The van der Waals surface area contributed by atoms with E-state index in [2.05, 4.69) is 10.1 Å². The number of amides is 1. The van der Waals surface area contributed by atoms with Crippen molar-refractivity contribution in [3.8, 4) is 0 Å². The minimum Gasteiger partial charge on any atom is -0.465 e. The van der Waals surface area contributed by atoms with Gasteiger partial charge in [0.05, 0.1) is 19.1 Å². The standard InChI is InChI=1S/C17H17NO5S/c1-22-17(21)12-4-6-13(7-5-12)18-15(19)11-23-16(20)9-8-14-3-2-10-24-14/h2-7,10H,8-9,11H2,1H3,(H,18,19). The Morgan fingerprint density at radius 3 is 2.50 bits per heavy atom. The molecule has 2 aromatic rings. The largest absolute Gasteiger partial charge is 0.465 e. The van der Waals surface area contributed by atoms with Crippen LogP contribution in [0.5, 0.6) is 0 Å². The van der Waals surface area contributed by atoms with Crippen LogP contribution in [0.4, 0.5) is 5.69 Å². The number of ether oxygens (including phenoxy) is 2. The predicted molar refractivity (Wildman–Crippen MR) is 90.0 cm³/mol. The topological polar surface area (TPSA) is 81.7 Å². The number of thiophene rings is 1. The summed E-state index contributed by atoms with van der Waals surface area (Å²) in [7, 11) is 1.30. The fraction of sp³-hybridized carbons (Fsp3) is 0.235. The van der Waals surface area contributed by atoms with E-state index < -0.39 is 17.8 Å². The molecule has 1 heterocycles. The van der Waals surface area contributed by atoms with E-state index in [0.717, 1.165) is 4.88 Å². The van der Waals surface area contributed by atoms with Gasteiger partial charge in [0.2, 0.25) is 0 Å². The molecule has 6 nitrogen and oxygen atoms in total. The van der Waals surface area contributed by atoms with E-state index in [4.69, 9.17) is 4.74 Å². The molecule has 0 unspecified atom stereocenters. The van der Waals surface area contributed by atoms with Gasteiger partial charge in [-0.05, 0) is 42.1 Å². The minimum atomic E-state index is -0.451. The second-order valence-corrected chi connectivity index (χ2v) is 5.89. The van der Waals surface area contributed by atoms with Gasteiger partial charge in [-0.15, -0.1) is 11.3 Å². The van der Waals surface area contributed by atoms with Gasteiger partial charge in [0.25, 0.3) is 5.91 Å². The van der Waals surface area contributed by atoms with Crippen LogP contribution < -0.4 is 5.32 Å². The lowest BCUT2D eigenvalue weighted by atomic mass is 10.2. The summed E-state index contributed by atoms with van der Waals surface area (Å²) in [6.45, 7) is -0.345. The van der Waals surface area contributed by atoms with Crippen LogP contribution in [0.2, 0.25) is 0 Å². The molecule has 0 bridgehead atoms. The molecule has 0 aliphatic carbocycles. The van der Waals surface area contributed by atoms with Crippen molar-refractivity contribution in [3.05, 3.63) is 52.2 Å². The van der Waals surface area contributed by atoms with Crippen LogP contribution in [0.1, 0.15) is 21.7 Å². The molecule has 0 saturated carbocycles. The molecule has 7 heteroatoms. The fourth-order valence-corrected chi connectivity index (χ4v) is 2.61. The van der Waals surface area contributed by atoms with Gasteiger partial charge < -0.3 is 14.8 Å². The summed E-state index contributed by atoms with van der Waals surface area (Å²) in [5, 5.41) is 4.53. The molecule has 0 radical (unpaired) electrons. The average molecular weight is 347 g/mol. The first-order valence-electron chi connectivity index (χ1n) is 7.24. The third-order valence-corrected chi connectivity index (χ3v) is 4.05. The number of hydrogen-bond donors (Lipinski definition) is 1. The molecule has 0 aliphatic heterocycles. The van der Waals surface area contributed by atoms with Crippen LogP contribution in [-0.4, -0.2) is 31.6 Å². The molecule has 1 N–H and O–H groups in total. The summed E-state index contributed by atoms with van der Waals surface area (Å²) < 4.78 is 9.52. The molecular formula is C17H17NO5S. The number of methoxy groups -OCH3 is 1. The Kier molecular flexibility index (Phi) is 6.51. The highest BCUT2D eigenvalue weighted by Gasteiger charge is 2.09. The lowest BCUT2D eigenvalue weighted by molar-refractivity contribution is -0.147. The van der Waals surface area contributed by atoms with Crippen LogP contribution in [0.25, 0.3) is 0 Å². The fourth-order valence-electron chi connectivity index (χ4n) is 1.90. The van der Waals surface area contributed by atoms with E-state index in [1.807, 2.05) is 17.5 Å². The Morgan fingerprint density at radius 1 is 1.12 bits per heavy atom. The number of carbonyl (C=O) groups excluding carboxylic acids is 3. The molecule has 0 fully saturated rings. The smallest absolute Gasteiger partial charge is 0.337 e. The van der Waals surface area contributed by atoms with Crippen molar-refractivity contribution in [1.29, 1.82) is 0 Å². The molecular weight excluding hydrogens is 330 g/mol. The van der Waals surface area contributed by atoms with Crippen LogP contribution in [-0.2, 0) is 25.5 Å². The Bertz CT molecular complexity index is 694. The Labute approximate surface area is 143 Å². The first kappa shape index (κ1) is 17.7. The van der Waals surface area contributed by atoms with Crippen molar-refractivity contribution >= 4 is 34.9 Å². The maximum atomic E-state index is 11.7. The Hall–Kier alpha value is -2.67. The molecule has 24 heavy (non-hydrogen) atoms. The van der Waals surface area contributed by atoms with Crippen molar-refractivity contribution in [1.82, 2.24) is 0 Å². The summed E-state index contributed by atoms with van der Waals surface area (Å²) in [6, 6.07) is 10.1. The highest BCUT2D eigenvalue weighted by molar-refractivity contribution is 7.09. The number of aryl methyl sites for hydroxylation is 1. The summed E-state index contributed by atoms with van der Waals surface area (Å²) in [6.07, 6.45) is 0.842. The zero-order chi connectivity index (χ0) is 17.4. The molecule has 0 aliphatic rings. The number of nitrogens with one attached hydrogen (secondary N) is 1. The average Bonchev–Trinajstić information content (AvgIpc) is 3.11. The van der Waals surface area contributed by atoms with Crippen LogP contribution in [0.3, 0.4) is 0 Å². The van der Waals surface area contributed by atoms with Crippen molar-refractivity contribution in [2.75, 3.05) is 19.0 Å². The zero-order valence-corrected chi connectivity index (χ0v) is 13.9. The summed E-state index contributed by atoms with van der Waals surface area (Å²) in [5.74, 6) is -1.31. The second-order valence-electron chi connectivity index (χ2n) is 4.86. The van der Waals surface area contributed by atoms with Gasteiger partial charge in [-0.2, -0.15) is 0 Å². The van der Waals surface area contributed by atoms with Gasteiger partial charge >= 0.3 is 11.9 Å². The first-order chi connectivity index (χ1) is 11.6. The Balaban J connectivity index is 1.72. The summed E-state index contributed by atoms with van der Waals surface area (Å²) in [5.41, 5.74) is 0.887. The summed E-state index contributed by atoms with van der Waals surface area (Å²) >= 11 is 1.58. The molecule has 0 spiro atoms. The first-order valence-corrected chi connectivity index (χ1v) is 8.12. The van der Waals surface area contributed by atoms with E-state index in [1.54, 1.807) is 23.5 Å². The number of esters is 2. The second kappa shape index (κ2) is 8.83. The van der Waals surface area contributed by atoms with Gasteiger partial charge in [0, 0.05) is 10.6 Å². The van der Waals surface area contributed by atoms with Crippen molar-refractivity contribution in [2.24, 2.45) is 0 Å². The number of rotatable bonds is 7.